The van der Waals surface area contributed by atoms with Crippen LogP contribution in [-0.2, 0) is 0 Å². The van der Waals surface area contributed by atoms with Crippen molar-refractivity contribution >= 4 is 10.9 Å². The Kier molecular flexibility index (Phi) is 1.85. The maximum Gasteiger partial charge on any atom is 0.185 e. The van der Waals surface area contributed by atoms with Gasteiger partial charge in [0.25, 0.3) is 0 Å². The zero-order valence-electron chi connectivity index (χ0n) is 7.37. The Morgan fingerprint density at radius 3 is 3.00 bits per heavy atom. The number of rotatable bonds is 2. The van der Waals surface area contributed by atoms with E-state index in [1.54, 1.807) is 6.07 Å². The minimum absolute atomic E-state index is 0.178. The number of nitrogens with one attached hydrogen (secondary N) is 1. The minimum atomic E-state index is 0.178. The first kappa shape index (κ1) is 7.98. The molecule has 68 valence electrons. The summed E-state index contributed by atoms with van der Waals surface area (Å²) in [5.41, 5.74) is 0.849. The van der Waals surface area contributed by atoms with Gasteiger partial charge in [-0.1, -0.05) is 0 Å². The average Bonchev–Trinajstić information content (AvgIpc) is 2.58. The molecule has 0 fully saturated rings. The molecule has 0 bridgehead atoms. The second-order valence-electron chi connectivity index (χ2n) is 2.79. The number of benzene rings is 1. The van der Waals surface area contributed by atoms with E-state index < -0.39 is 0 Å². The molecule has 0 aliphatic carbocycles. The number of aromatic amines is 1. The quantitative estimate of drug-likeness (QED) is 0.739. The van der Waals surface area contributed by atoms with Gasteiger partial charge in [0.2, 0.25) is 0 Å². The predicted molar refractivity (Wildman–Crippen MR) is 51.1 cm³/mol. The Morgan fingerprint density at radius 2 is 2.23 bits per heavy atom. The molecule has 0 aliphatic heterocycles. The highest BCUT2D eigenvalue weighted by Crippen LogP contribution is 2.33. The number of phenols is 1. The van der Waals surface area contributed by atoms with Gasteiger partial charge in [0, 0.05) is 11.6 Å². The van der Waals surface area contributed by atoms with Crippen molar-refractivity contribution in [1.82, 2.24) is 4.98 Å². The summed E-state index contributed by atoms with van der Waals surface area (Å²) in [6.45, 7) is 2.44. The highest BCUT2D eigenvalue weighted by atomic mass is 16.5. The van der Waals surface area contributed by atoms with Crippen molar-refractivity contribution in [2.24, 2.45) is 0 Å². The predicted octanol–water partition coefficient (Wildman–Crippen LogP) is 2.27. The summed E-state index contributed by atoms with van der Waals surface area (Å²) in [5, 5.41) is 10.6. The molecule has 13 heavy (non-hydrogen) atoms. The van der Waals surface area contributed by atoms with Crippen LogP contribution in [0.2, 0.25) is 0 Å². The molecule has 2 N–H and O–H groups in total. The van der Waals surface area contributed by atoms with Gasteiger partial charge in [0.1, 0.15) is 0 Å². The molecule has 0 spiro atoms. The molecule has 0 amide bonds. The van der Waals surface area contributed by atoms with Gasteiger partial charge in [0.05, 0.1) is 12.1 Å². The molecule has 0 aliphatic rings. The van der Waals surface area contributed by atoms with Crippen LogP contribution < -0.4 is 4.74 Å². The Hall–Kier alpha value is -1.64. The van der Waals surface area contributed by atoms with Gasteiger partial charge < -0.3 is 14.8 Å². The minimum Gasteiger partial charge on any atom is -0.504 e. The standard InChI is InChI=1S/C10H11NO2/c1-2-13-10-8(12)4-3-7-5-6-11-9(7)10/h3-6,11-12H,2H2,1H3. The second-order valence-corrected chi connectivity index (χ2v) is 2.79. The van der Waals surface area contributed by atoms with E-state index in [1.165, 1.54) is 0 Å². The van der Waals surface area contributed by atoms with Crippen LogP contribution in [0.5, 0.6) is 11.5 Å². The number of hydrogen-bond donors (Lipinski definition) is 2. The molecule has 1 aromatic carbocycles. The van der Waals surface area contributed by atoms with Crippen LogP contribution in [-0.4, -0.2) is 16.7 Å². The van der Waals surface area contributed by atoms with Gasteiger partial charge in [-0.05, 0) is 25.1 Å². The largest absolute Gasteiger partial charge is 0.504 e. The van der Waals surface area contributed by atoms with Crippen molar-refractivity contribution in [2.45, 2.75) is 6.92 Å². The Balaban J connectivity index is 2.66. The number of aromatic nitrogens is 1. The lowest BCUT2D eigenvalue weighted by Crippen LogP contribution is -1.92. The number of aromatic hydroxyl groups is 1. The molecule has 1 aromatic heterocycles. The van der Waals surface area contributed by atoms with Crippen LogP contribution in [0.3, 0.4) is 0 Å². The smallest absolute Gasteiger partial charge is 0.185 e. The van der Waals surface area contributed by atoms with E-state index in [0.717, 1.165) is 10.9 Å². The molecular weight excluding hydrogens is 166 g/mol. The zero-order valence-corrected chi connectivity index (χ0v) is 7.37. The topological polar surface area (TPSA) is 45.2 Å². The number of phenolic OH excluding ortho intramolecular Hbond substituents is 1. The summed E-state index contributed by atoms with van der Waals surface area (Å²) in [6, 6.07) is 5.43. The fourth-order valence-corrected chi connectivity index (χ4v) is 1.38. The van der Waals surface area contributed by atoms with Gasteiger partial charge in [-0.15, -0.1) is 0 Å². The molecule has 0 radical (unpaired) electrons. The molecule has 0 unspecified atom stereocenters. The Labute approximate surface area is 76.0 Å². The van der Waals surface area contributed by atoms with Crippen LogP contribution in [0, 0.1) is 0 Å². The summed E-state index contributed by atoms with van der Waals surface area (Å²) in [4.78, 5) is 3.03. The number of H-pyrrole nitrogens is 1. The first-order chi connectivity index (χ1) is 6.33. The van der Waals surface area contributed by atoms with Crippen molar-refractivity contribution in [3.05, 3.63) is 24.4 Å². The fraction of sp³-hybridized carbons (Fsp3) is 0.200. The lowest BCUT2D eigenvalue weighted by molar-refractivity contribution is 0.322. The average molecular weight is 177 g/mol. The van der Waals surface area contributed by atoms with E-state index in [9.17, 15) is 5.11 Å². The van der Waals surface area contributed by atoms with Crippen molar-refractivity contribution in [3.63, 3.8) is 0 Å². The SMILES string of the molecule is CCOc1c(O)ccc2cc[nH]c12. The molecule has 2 aromatic rings. The van der Waals surface area contributed by atoms with Crippen molar-refractivity contribution in [3.8, 4) is 11.5 Å². The van der Waals surface area contributed by atoms with Crippen LogP contribution in [0.1, 0.15) is 6.92 Å². The second kappa shape index (κ2) is 3.01. The van der Waals surface area contributed by atoms with Gasteiger partial charge in [0.15, 0.2) is 11.5 Å². The monoisotopic (exact) mass is 177 g/mol. The number of fused-ring (bicyclic) bond motifs is 1. The number of hydrogen-bond acceptors (Lipinski definition) is 2. The third kappa shape index (κ3) is 1.22. The van der Waals surface area contributed by atoms with Crippen LogP contribution in [0.4, 0.5) is 0 Å². The molecule has 3 nitrogen and oxygen atoms in total. The summed E-state index contributed by atoms with van der Waals surface area (Å²) in [7, 11) is 0. The number of ether oxygens (including phenoxy) is 1. The van der Waals surface area contributed by atoms with E-state index in [2.05, 4.69) is 4.98 Å². The van der Waals surface area contributed by atoms with Gasteiger partial charge in [-0.3, -0.25) is 0 Å². The third-order valence-electron chi connectivity index (χ3n) is 1.95. The molecule has 0 saturated heterocycles. The van der Waals surface area contributed by atoms with Crippen LogP contribution in [0.25, 0.3) is 10.9 Å². The summed E-state index contributed by atoms with van der Waals surface area (Å²) in [5.74, 6) is 0.710. The maximum absolute atomic E-state index is 9.51. The molecular formula is C10H11NO2. The maximum atomic E-state index is 9.51. The van der Waals surface area contributed by atoms with Crippen LogP contribution in [0.15, 0.2) is 24.4 Å². The van der Waals surface area contributed by atoms with E-state index in [1.807, 2.05) is 25.3 Å². The summed E-state index contributed by atoms with van der Waals surface area (Å²) < 4.78 is 5.33. The molecule has 0 atom stereocenters. The fourth-order valence-electron chi connectivity index (χ4n) is 1.38. The zero-order chi connectivity index (χ0) is 9.26. The van der Waals surface area contributed by atoms with Crippen molar-refractivity contribution in [1.29, 1.82) is 0 Å². The van der Waals surface area contributed by atoms with Gasteiger partial charge >= 0.3 is 0 Å². The first-order valence-corrected chi connectivity index (χ1v) is 4.24. The van der Waals surface area contributed by atoms with E-state index in [4.69, 9.17) is 4.74 Å². The molecule has 0 saturated carbocycles. The lowest BCUT2D eigenvalue weighted by atomic mass is 10.2. The Morgan fingerprint density at radius 1 is 1.38 bits per heavy atom. The first-order valence-electron chi connectivity index (χ1n) is 4.24. The molecule has 3 heteroatoms. The highest BCUT2D eigenvalue weighted by Gasteiger charge is 2.07. The van der Waals surface area contributed by atoms with Gasteiger partial charge in [-0.2, -0.15) is 0 Å². The van der Waals surface area contributed by atoms with Crippen LogP contribution >= 0.6 is 0 Å². The normalized spacial score (nSPS) is 10.5. The van der Waals surface area contributed by atoms with Crippen molar-refractivity contribution < 1.29 is 9.84 Å². The van der Waals surface area contributed by atoms with Crippen molar-refractivity contribution in [2.75, 3.05) is 6.61 Å². The molecule has 1 heterocycles. The van der Waals surface area contributed by atoms with E-state index in [-0.39, 0.29) is 5.75 Å². The summed E-state index contributed by atoms with van der Waals surface area (Å²) >= 11 is 0. The lowest BCUT2D eigenvalue weighted by Gasteiger charge is -2.06. The van der Waals surface area contributed by atoms with E-state index in [0.29, 0.717) is 12.4 Å². The molecule has 2 rings (SSSR count). The summed E-state index contributed by atoms with van der Waals surface area (Å²) in [6.07, 6.45) is 1.83. The third-order valence-corrected chi connectivity index (χ3v) is 1.95. The van der Waals surface area contributed by atoms with Gasteiger partial charge in [-0.25, -0.2) is 0 Å². The Bertz CT molecular complexity index is 420. The highest BCUT2D eigenvalue weighted by molar-refractivity contribution is 5.87. The van der Waals surface area contributed by atoms with E-state index >= 15 is 0 Å².